The normalized spacial score (nSPS) is 21.1. The van der Waals surface area contributed by atoms with Crippen LogP contribution < -0.4 is 9.47 Å². The number of nitrogens with zero attached hydrogens (tertiary/aromatic N) is 2. The summed E-state index contributed by atoms with van der Waals surface area (Å²) in [6.07, 6.45) is 2.53. The molecule has 0 saturated carbocycles. The number of hydrogen-bond acceptors (Lipinski definition) is 5. The van der Waals surface area contributed by atoms with Gasteiger partial charge in [0.25, 0.3) is 5.91 Å². The SMILES string of the molecule is CC(C)C1=NOC2(CCN(C(=O)c3ccc4c(c3)OCO4)CC2)C1. The van der Waals surface area contributed by atoms with Crippen molar-refractivity contribution in [1.29, 1.82) is 0 Å². The summed E-state index contributed by atoms with van der Waals surface area (Å²) in [4.78, 5) is 20.4. The molecule has 3 aliphatic heterocycles. The largest absolute Gasteiger partial charge is 0.454 e. The van der Waals surface area contributed by atoms with Crippen molar-refractivity contribution >= 4 is 11.6 Å². The molecule has 24 heavy (non-hydrogen) atoms. The third kappa shape index (κ3) is 2.60. The van der Waals surface area contributed by atoms with Crippen LogP contribution in [-0.2, 0) is 4.84 Å². The summed E-state index contributed by atoms with van der Waals surface area (Å²) >= 11 is 0. The molecular formula is C18H22N2O4. The quantitative estimate of drug-likeness (QED) is 0.836. The highest BCUT2D eigenvalue weighted by molar-refractivity contribution is 5.95. The van der Waals surface area contributed by atoms with Crippen LogP contribution >= 0.6 is 0 Å². The second-order valence-corrected chi connectivity index (χ2v) is 7.05. The van der Waals surface area contributed by atoms with E-state index in [2.05, 4.69) is 19.0 Å². The van der Waals surface area contributed by atoms with Gasteiger partial charge in [-0.25, -0.2) is 0 Å². The lowest BCUT2D eigenvalue weighted by atomic mass is 9.84. The molecule has 128 valence electrons. The van der Waals surface area contributed by atoms with Crippen molar-refractivity contribution in [2.24, 2.45) is 11.1 Å². The van der Waals surface area contributed by atoms with Gasteiger partial charge in [0.15, 0.2) is 11.5 Å². The van der Waals surface area contributed by atoms with E-state index in [0.29, 0.717) is 36.1 Å². The molecule has 1 spiro atoms. The zero-order valence-corrected chi connectivity index (χ0v) is 14.1. The lowest BCUT2D eigenvalue weighted by molar-refractivity contribution is -0.0568. The fourth-order valence-corrected chi connectivity index (χ4v) is 3.46. The van der Waals surface area contributed by atoms with Crippen LogP contribution in [0.1, 0.15) is 43.5 Å². The number of fused-ring (bicyclic) bond motifs is 1. The van der Waals surface area contributed by atoms with E-state index in [1.165, 1.54) is 0 Å². The zero-order chi connectivity index (χ0) is 16.7. The van der Waals surface area contributed by atoms with Gasteiger partial charge >= 0.3 is 0 Å². The first-order valence-electron chi connectivity index (χ1n) is 8.50. The summed E-state index contributed by atoms with van der Waals surface area (Å²) < 4.78 is 10.7. The van der Waals surface area contributed by atoms with Crippen LogP contribution in [0.15, 0.2) is 23.4 Å². The number of ether oxygens (including phenoxy) is 2. The van der Waals surface area contributed by atoms with E-state index in [1.54, 1.807) is 18.2 Å². The van der Waals surface area contributed by atoms with Crippen molar-refractivity contribution in [2.75, 3.05) is 19.9 Å². The van der Waals surface area contributed by atoms with Crippen molar-refractivity contribution in [2.45, 2.75) is 38.7 Å². The molecule has 0 N–H and O–H groups in total. The molecule has 0 unspecified atom stereocenters. The number of carbonyl (C=O) groups is 1. The lowest BCUT2D eigenvalue weighted by Gasteiger charge is -2.37. The number of amides is 1. The fourth-order valence-electron chi connectivity index (χ4n) is 3.46. The van der Waals surface area contributed by atoms with Gasteiger partial charge in [0.2, 0.25) is 6.79 Å². The average Bonchev–Trinajstić information content (AvgIpc) is 3.21. The Morgan fingerprint density at radius 1 is 1.21 bits per heavy atom. The Morgan fingerprint density at radius 3 is 2.67 bits per heavy atom. The van der Waals surface area contributed by atoms with E-state index in [9.17, 15) is 4.79 Å². The highest BCUT2D eigenvalue weighted by Crippen LogP contribution is 2.37. The molecular weight excluding hydrogens is 308 g/mol. The molecule has 0 radical (unpaired) electrons. The highest BCUT2D eigenvalue weighted by atomic mass is 16.7. The van der Waals surface area contributed by atoms with Gasteiger partial charge in [-0.2, -0.15) is 0 Å². The van der Waals surface area contributed by atoms with Crippen molar-refractivity contribution in [1.82, 2.24) is 4.90 Å². The van der Waals surface area contributed by atoms with E-state index >= 15 is 0 Å². The molecule has 1 amide bonds. The molecule has 0 aromatic heterocycles. The van der Waals surface area contributed by atoms with Gasteiger partial charge in [0.1, 0.15) is 5.60 Å². The van der Waals surface area contributed by atoms with Crippen LogP contribution in [0.5, 0.6) is 11.5 Å². The molecule has 1 aromatic carbocycles. The molecule has 1 saturated heterocycles. The van der Waals surface area contributed by atoms with Crippen LogP contribution in [0.4, 0.5) is 0 Å². The van der Waals surface area contributed by atoms with E-state index < -0.39 is 0 Å². The molecule has 1 aromatic rings. The molecule has 0 atom stereocenters. The van der Waals surface area contributed by atoms with E-state index in [4.69, 9.17) is 14.3 Å². The molecule has 6 nitrogen and oxygen atoms in total. The minimum atomic E-state index is -0.203. The van der Waals surface area contributed by atoms with Gasteiger partial charge in [0, 0.05) is 37.9 Å². The number of rotatable bonds is 2. The van der Waals surface area contributed by atoms with Gasteiger partial charge in [-0.1, -0.05) is 19.0 Å². The number of oxime groups is 1. The van der Waals surface area contributed by atoms with E-state index in [1.807, 2.05) is 4.90 Å². The minimum Gasteiger partial charge on any atom is -0.454 e. The van der Waals surface area contributed by atoms with Crippen molar-refractivity contribution in [3.05, 3.63) is 23.8 Å². The Bertz CT molecular complexity index is 690. The Morgan fingerprint density at radius 2 is 1.96 bits per heavy atom. The summed E-state index contributed by atoms with van der Waals surface area (Å²) in [5, 5.41) is 4.26. The van der Waals surface area contributed by atoms with Gasteiger partial charge in [-0.05, 0) is 24.1 Å². The lowest BCUT2D eigenvalue weighted by Crippen LogP contribution is -2.47. The van der Waals surface area contributed by atoms with Crippen LogP contribution in [0.2, 0.25) is 0 Å². The third-order valence-corrected chi connectivity index (χ3v) is 5.11. The van der Waals surface area contributed by atoms with Gasteiger partial charge in [0.05, 0.1) is 5.71 Å². The van der Waals surface area contributed by atoms with Crippen molar-refractivity contribution in [3.63, 3.8) is 0 Å². The first-order chi connectivity index (χ1) is 11.6. The Labute approximate surface area is 141 Å². The van der Waals surface area contributed by atoms with Gasteiger partial charge in [-0.3, -0.25) is 4.79 Å². The Hall–Kier alpha value is -2.24. The van der Waals surface area contributed by atoms with Crippen molar-refractivity contribution in [3.8, 4) is 11.5 Å². The Kier molecular flexibility index (Phi) is 3.62. The average molecular weight is 330 g/mol. The van der Waals surface area contributed by atoms with Crippen LogP contribution in [-0.4, -0.2) is 42.0 Å². The fraction of sp³-hybridized carbons (Fsp3) is 0.556. The monoisotopic (exact) mass is 330 g/mol. The number of piperidine rings is 1. The van der Waals surface area contributed by atoms with Crippen LogP contribution in [0.25, 0.3) is 0 Å². The number of carbonyl (C=O) groups excluding carboxylic acids is 1. The summed E-state index contributed by atoms with van der Waals surface area (Å²) in [6, 6.07) is 5.36. The molecule has 0 bridgehead atoms. The summed E-state index contributed by atoms with van der Waals surface area (Å²) in [5.41, 5.74) is 1.57. The molecule has 4 rings (SSSR count). The second kappa shape index (κ2) is 5.69. The Balaban J connectivity index is 1.40. The number of likely N-dealkylation sites (tertiary alicyclic amines) is 1. The molecule has 3 aliphatic rings. The first kappa shape index (κ1) is 15.3. The smallest absolute Gasteiger partial charge is 0.253 e. The molecule has 3 heterocycles. The van der Waals surface area contributed by atoms with Crippen LogP contribution in [0.3, 0.4) is 0 Å². The molecule has 0 aliphatic carbocycles. The molecule has 6 heteroatoms. The van der Waals surface area contributed by atoms with Gasteiger partial charge in [-0.15, -0.1) is 0 Å². The maximum Gasteiger partial charge on any atom is 0.253 e. The second-order valence-electron chi connectivity index (χ2n) is 7.05. The van der Waals surface area contributed by atoms with E-state index in [-0.39, 0.29) is 18.3 Å². The third-order valence-electron chi connectivity index (χ3n) is 5.11. The summed E-state index contributed by atoms with van der Waals surface area (Å²) in [5.74, 6) is 1.79. The predicted octanol–water partition coefficient (Wildman–Crippen LogP) is 2.82. The van der Waals surface area contributed by atoms with E-state index in [0.717, 1.165) is 25.0 Å². The van der Waals surface area contributed by atoms with Gasteiger partial charge < -0.3 is 19.2 Å². The summed E-state index contributed by atoms with van der Waals surface area (Å²) in [7, 11) is 0. The van der Waals surface area contributed by atoms with Crippen LogP contribution in [0, 0.1) is 5.92 Å². The first-order valence-corrected chi connectivity index (χ1v) is 8.50. The molecule has 1 fully saturated rings. The standard InChI is InChI=1S/C18H22N2O4/c1-12(2)14-10-18(24-19-14)5-7-20(8-6-18)17(21)13-3-4-15-16(9-13)23-11-22-15/h3-4,9,12H,5-8,10-11H2,1-2H3. The predicted molar refractivity (Wildman–Crippen MR) is 88.4 cm³/mol. The number of hydrogen-bond donors (Lipinski definition) is 0. The minimum absolute atomic E-state index is 0.0335. The number of benzene rings is 1. The maximum absolute atomic E-state index is 12.7. The maximum atomic E-state index is 12.7. The zero-order valence-electron chi connectivity index (χ0n) is 14.1. The highest BCUT2D eigenvalue weighted by Gasteiger charge is 2.43. The topological polar surface area (TPSA) is 60.4 Å². The van der Waals surface area contributed by atoms with Crippen molar-refractivity contribution < 1.29 is 19.1 Å². The summed E-state index contributed by atoms with van der Waals surface area (Å²) in [6.45, 7) is 5.87.